The number of aromatic nitrogens is 4. The van der Waals surface area contributed by atoms with Gasteiger partial charge in [0, 0.05) is 17.8 Å². The van der Waals surface area contributed by atoms with Gasteiger partial charge in [-0.25, -0.2) is 4.98 Å². The molecular formula is C16H19N5O. The van der Waals surface area contributed by atoms with E-state index in [0.29, 0.717) is 17.4 Å². The van der Waals surface area contributed by atoms with Gasteiger partial charge in [-0.1, -0.05) is 29.4 Å². The second kappa shape index (κ2) is 5.73. The van der Waals surface area contributed by atoms with Gasteiger partial charge in [0.25, 0.3) is 5.89 Å². The van der Waals surface area contributed by atoms with Crippen molar-refractivity contribution >= 4 is 0 Å². The Kier molecular flexibility index (Phi) is 3.77. The number of rotatable bonds is 4. The molecule has 0 aliphatic carbocycles. The summed E-state index contributed by atoms with van der Waals surface area (Å²) in [6.07, 6.45) is 0. The molecule has 114 valence electrons. The van der Waals surface area contributed by atoms with E-state index in [9.17, 15) is 0 Å². The van der Waals surface area contributed by atoms with Crippen LogP contribution in [0.2, 0.25) is 0 Å². The molecule has 0 spiro atoms. The molecule has 3 aromatic rings. The highest BCUT2D eigenvalue weighted by atomic mass is 16.5. The number of benzene rings is 1. The van der Waals surface area contributed by atoms with Crippen LogP contribution in [0, 0.1) is 13.8 Å². The summed E-state index contributed by atoms with van der Waals surface area (Å²) in [5, 5.41) is 4.05. The molecule has 0 unspecified atom stereocenters. The summed E-state index contributed by atoms with van der Waals surface area (Å²) in [6, 6.07) is 8.18. The number of H-pyrrole nitrogens is 1. The molecular weight excluding hydrogens is 278 g/mol. The molecule has 0 bridgehead atoms. The average molecular weight is 297 g/mol. The van der Waals surface area contributed by atoms with Crippen molar-refractivity contribution in [1.29, 1.82) is 0 Å². The van der Waals surface area contributed by atoms with E-state index in [2.05, 4.69) is 37.1 Å². The third-order valence-corrected chi connectivity index (χ3v) is 3.34. The number of hydrogen-bond donors (Lipinski definition) is 1. The molecule has 2 aromatic heterocycles. The van der Waals surface area contributed by atoms with Crippen LogP contribution < -0.4 is 0 Å². The van der Waals surface area contributed by atoms with Gasteiger partial charge < -0.3 is 14.4 Å². The molecule has 0 aliphatic rings. The van der Waals surface area contributed by atoms with E-state index in [-0.39, 0.29) is 0 Å². The average Bonchev–Trinajstić information content (AvgIpc) is 3.05. The van der Waals surface area contributed by atoms with E-state index in [1.165, 1.54) is 5.56 Å². The van der Waals surface area contributed by atoms with Crippen LogP contribution in [0.3, 0.4) is 0 Å². The minimum Gasteiger partial charge on any atom is -0.346 e. The third kappa shape index (κ3) is 2.92. The van der Waals surface area contributed by atoms with Crippen LogP contribution in [-0.4, -0.2) is 39.1 Å². The van der Waals surface area contributed by atoms with Gasteiger partial charge >= 0.3 is 0 Å². The Hall–Kier alpha value is -2.47. The van der Waals surface area contributed by atoms with Crippen LogP contribution in [0.15, 0.2) is 28.8 Å². The largest absolute Gasteiger partial charge is 0.346 e. The van der Waals surface area contributed by atoms with Gasteiger partial charge in [0.1, 0.15) is 11.5 Å². The van der Waals surface area contributed by atoms with E-state index >= 15 is 0 Å². The van der Waals surface area contributed by atoms with E-state index in [1.807, 2.05) is 40.1 Å². The van der Waals surface area contributed by atoms with Gasteiger partial charge in [0.2, 0.25) is 5.82 Å². The van der Waals surface area contributed by atoms with E-state index < -0.39 is 0 Å². The molecule has 1 aromatic carbocycles. The van der Waals surface area contributed by atoms with Crippen LogP contribution in [-0.2, 0) is 6.54 Å². The van der Waals surface area contributed by atoms with E-state index in [0.717, 1.165) is 23.6 Å². The molecule has 0 atom stereocenters. The van der Waals surface area contributed by atoms with Crippen molar-refractivity contribution in [3.63, 3.8) is 0 Å². The zero-order chi connectivity index (χ0) is 15.7. The van der Waals surface area contributed by atoms with Crippen molar-refractivity contribution in [2.24, 2.45) is 0 Å². The first-order chi connectivity index (χ1) is 10.5. The third-order valence-electron chi connectivity index (χ3n) is 3.34. The maximum Gasteiger partial charge on any atom is 0.278 e. The molecule has 6 heteroatoms. The Balaban J connectivity index is 1.86. The van der Waals surface area contributed by atoms with Crippen molar-refractivity contribution in [3.05, 3.63) is 41.3 Å². The summed E-state index contributed by atoms with van der Waals surface area (Å²) in [6.45, 7) is 4.75. The van der Waals surface area contributed by atoms with E-state index in [1.54, 1.807) is 0 Å². The molecule has 2 heterocycles. The molecule has 3 rings (SSSR count). The quantitative estimate of drug-likeness (QED) is 0.801. The Morgan fingerprint density at radius 1 is 1.09 bits per heavy atom. The van der Waals surface area contributed by atoms with Crippen LogP contribution in [0.5, 0.6) is 0 Å². The number of aryl methyl sites for hydroxylation is 2. The number of nitrogens with zero attached hydrogens (tertiary/aromatic N) is 4. The first-order valence-corrected chi connectivity index (χ1v) is 7.14. The molecule has 0 fully saturated rings. The lowest BCUT2D eigenvalue weighted by Gasteiger charge is -2.09. The Morgan fingerprint density at radius 2 is 1.82 bits per heavy atom. The van der Waals surface area contributed by atoms with Gasteiger partial charge in [-0.2, -0.15) is 4.98 Å². The zero-order valence-corrected chi connectivity index (χ0v) is 13.2. The highest BCUT2D eigenvalue weighted by molar-refractivity contribution is 5.59. The fraction of sp³-hybridized carbons (Fsp3) is 0.312. The van der Waals surface area contributed by atoms with E-state index in [4.69, 9.17) is 4.52 Å². The van der Waals surface area contributed by atoms with Crippen molar-refractivity contribution < 1.29 is 4.52 Å². The van der Waals surface area contributed by atoms with Crippen LogP contribution in [0.25, 0.3) is 23.0 Å². The van der Waals surface area contributed by atoms with Gasteiger partial charge in [0.15, 0.2) is 0 Å². The summed E-state index contributed by atoms with van der Waals surface area (Å²) in [5.41, 5.74) is 3.81. The highest BCUT2D eigenvalue weighted by Crippen LogP contribution is 2.23. The standard InChI is InChI=1S/C16H19N5O/c1-10-14(18-11(2)17-10)16-19-15(20-22-16)13-7-5-12(6-8-13)9-21(3)4/h5-8H,9H2,1-4H3,(H,17,18). The molecule has 0 aliphatic heterocycles. The SMILES string of the molecule is Cc1nc(-c2nc(-c3ccc(CN(C)C)cc3)no2)c(C)[nH]1. The maximum absolute atomic E-state index is 5.34. The minimum atomic E-state index is 0.439. The van der Waals surface area contributed by atoms with Crippen molar-refractivity contribution in [3.8, 4) is 23.0 Å². The fourth-order valence-corrected chi connectivity index (χ4v) is 2.38. The normalized spacial score (nSPS) is 11.3. The van der Waals surface area contributed by atoms with Crippen molar-refractivity contribution in [2.45, 2.75) is 20.4 Å². The lowest BCUT2D eigenvalue weighted by atomic mass is 10.1. The molecule has 0 saturated carbocycles. The second-order valence-corrected chi connectivity index (χ2v) is 5.65. The molecule has 0 saturated heterocycles. The zero-order valence-electron chi connectivity index (χ0n) is 13.2. The van der Waals surface area contributed by atoms with Gasteiger partial charge in [-0.15, -0.1) is 0 Å². The van der Waals surface area contributed by atoms with Crippen molar-refractivity contribution in [2.75, 3.05) is 14.1 Å². The summed E-state index contributed by atoms with van der Waals surface area (Å²) in [5.74, 6) is 1.85. The maximum atomic E-state index is 5.34. The van der Waals surface area contributed by atoms with Crippen LogP contribution >= 0.6 is 0 Å². The Labute approximate surface area is 129 Å². The summed E-state index contributed by atoms with van der Waals surface area (Å²) < 4.78 is 5.34. The number of aromatic amines is 1. The first-order valence-electron chi connectivity index (χ1n) is 7.14. The molecule has 22 heavy (non-hydrogen) atoms. The first kappa shape index (κ1) is 14.5. The summed E-state index contributed by atoms with van der Waals surface area (Å²) in [7, 11) is 4.10. The predicted molar refractivity (Wildman–Crippen MR) is 84.2 cm³/mol. The minimum absolute atomic E-state index is 0.439. The topological polar surface area (TPSA) is 70.8 Å². The lowest BCUT2D eigenvalue weighted by molar-refractivity contribution is 0.402. The van der Waals surface area contributed by atoms with Gasteiger partial charge in [-0.05, 0) is 33.5 Å². The van der Waals surface area contributed by atoms with Crippen LogP contribution in [0.4, 0.5) is 0 Å². The smallest absolute Gasteiger partial charge is 0.278 e. The summed E-state index contributed by atoms with van der Waals surface area (Å²) >= 11 is 0. The Bertz CT molecular complexity index is 770. The molecule has 0 radical (unpaired) electrons. The second-order valence-electron chi connectivity index (χ2n) is 5.65. The van der Waals surface area contributed by atoms with Crippen molar-refractivity contribution in [1.82, 2.24) is 25.0 Å². The monoisotopic (exact) mass is 297 g/mol. The number of imidazole rings is 1. The molecule has 6 nitrogen and oxygen atoms in total. The summed E-state index contributed by atoms with van der Waals surface area (Å²) in [4.78, 5) is 14.1. The highest BCUT2D eigenvalue weighted by Gasteiger charge is 2.15. The molecule has 1 N–H and O–H groups in total. The lowest BCUT2D eigenvalue weighted by Crippen LogP contribution is -2.10. The van der Waals surface area contributed by atoms with Crippen LogP contribution in [0.1, 0.15) is 17.1 Å². The van der Waals surface area contributed by atoms with Gasteiger partial charge in [-0.3, -0.25) is 0 Å². The predicted octanol–water partition coefficient (Wildman–Crippen LogP) is 2.81. The molecule has 0 amide bonds. The number of hydrogen-bond acceptors (Lipinski definition) is 5. The Morgan fingerprint density at radius 3 is 2.41 bits per heavy atom. The van der Waals surface area contributed by atoms with Gasteiger partial charge in [0.05, 0.1) is 0 Å². The fourth-order valence-electron chi connectivity index (χ4n) is 2.38. The number of nitrogens with one attached hydrogen (secondary N) is 1.